The van der Waals surface area contributed by atoms with Gasteiger partial charge in [0, 0.05) is 34.3 Å². The van der Waals surface area contributed by atoms with Gasteiger partial charge in [-0.15, -0.1) is 0 Å². The van der Waals surface area contributed by atoms with Crippen LogP contribution in [0.1, 0.15) is 22.3 Å². The van der Waals surface area contributed by atoms with Crippen LogP contribution in [0.4, 0.5) is 5.69 Å². The number of carbonyl (C=O) groups is 2. The largest absolute Gasteiger partial charge is 0.352 e. The predicted octanol–water partition coefficient (Wildman–Crippen LogP) is 4.06. The van der Waals surface area contributed by atoms with Gasteiger partial charge in [-0.2, -0.15) is 0 Å². The average molecular weight is 351 g/mol. The lowest BCUT2D eigenvalue weighted by molar-refractivity contribution is -0.116. The van der Waals surface area contributed by atoms with E-state index in [-0.39, 0.29) is 24.8 Å². The Bertz CT molecular complexity index is 715. The summed E-state index contributed by atoms with van der Waals surface area (Å²) in [4.78, 5) is 23.7. The highest BCUT2D eigenvalue weighted by molar-refractivity contribution is 6.31. The number of hydrogen-bond acceptors (Lipinski definition) is 2. The average Bonchev–Trinajstić information content (AvgIpc) is 2.51. The third-order valence-corrected chi connectivity index (χ3v) is 3.86. The molecule has 2 N–H and O–H groups in total. The standard InChI is InChI=1S/C17H16Cl2N2O2/c1-11-2-7-14(10-15(11)19)21-16(22)8-9-20-17(23)12-3-5-13(18)6-4-12/h2-7,10H,8-9H2,1H3,(H,20,23)(H,21,22). The van der Waals surface area contributed by atoms with Crippen LogP contribution in [0.5, 0.6) is 0 Å². The lowest BCUT2D eigenvalue weighted by Gasteiger charge is -2.08. The van der Waals surface area contributed by atoms with Crippen molar-refractivity contribution in [3.63, 3.8) is 0 Å². The molecule has 2 aromatic carbocycles. The molecule has 0 aromatic heterocycles. The number of hydrogen-bond donors (Lipinski definition) is 2. The Kier molecular flexibility index (Phi) is 6.02. The molecule has 2 amide bonds. The first kappa shape index (κ1) is 17.3. The van der Waals surface area contributed by atoms with E-state index >= 15 is 0 Å². The molecule has 0 fully saturated rings. The number of benzene rings is 2. The van der Waals surface area contributed by atoms with Crippen LogP contribution in [0.25, 0.3) is 0 Å². The molecule has 23 heavy (non-hydrogen) atoms. The minimum atomic E-state index is -0.243. The van der Waals surface area contributed by atoms with Crippen molar-refractivity contribution >= 4 is 40.7 Å². The van der Waals surface area contributed by atoms with Crippen LogP contribution in [-0.2, 0) is 4.79 Å². The van der Waals surface area contributed by atoms with E-state index in [1.807, 2.05) is 13.0 Å². The molecule has 2 rings (SSSR count). The van der Waals surface area contributed by atoms with E-state index in [4.69, 9.17) is 23.2 Å². The molecule has 120 valence electrons. The SMILES string of the molecule is Cc1ccc(NC(=O)CCNC(=O)c2ccc(Cl)cc2)cc1Cl. The monoisotopic (exact) mass is 350 g/mol. The summed E-state index contributed by atoms with van der Waals surface area (Å²) < 4.78 is 0. The summed E-state index contributed by atoms with van der Waals surface area (Å²) >= 11 is 11.8. The molecular weight excluding hydrogens is 335 g/mol. The van der Waals surface area contributed by atoms with Crippen LogP contribution in [0.15, 0.2) is 42.5 Å². The highest BCUT2D eigenvalue weighted by Gasteiger charge is 2.07. The summed E-state index contributed by atoms with van der Waals surface area (Å²) in [5.41, 5.74) is 2.08. The molecule has 0 aliphatic heterocycles. The van der Waals surface area contributed by atoms with Crippen LogP contribution in [0.3, 0.4) is 0 Å². The van der Waals surface area contributed by atoms with E-state index in [9.17, 15) is 9.59 Å². The van der Waals surface area contributed by atoms with Gasteiger partial charge in [-0.05, 0) is 48.9 Å². The van der Waals surface area contributed by atoms with Crippen molar-refractivity contribution in [2.45, 2.75) is 13.3 Å². The first-order chi connectivity index (χ1) is 11.0. The quantitative estimate of drug-likeness (QED) is 0.854. The van der Waals surface area contributed by atoms with E-state index in [1.54, 1.807) is 36.4 Å². The van der Waals surface area contributed by atoms with Crippen molar-refractivity contribution in [2.24, 2.45) is 0 Å². The highest BCUT2D eigenvalue weighted by Crippen LogP contribution is 2.19. The fraction of sp³-hybridized carbons (Fsp3) is 0.176. The van der Waals surface area contributed by atoms with E-state index in [0.29, 0.717) is 21.3 Å². The zero-order chi connectivity index (χ0) is 16.8. The molecule has 0 bridgehead atoms. The van der Waals surface area contributed by atoms with Crippen LogP contribution >= 0.6 is 23.2 Å². The highest BCUT2D eigenvalue weighted by atomic mass is 35.5. The van der Waals surface area contributed by atoms with Crippen LogP contribution in [-0.4, -0.2) is 18.4 Å². The van der Waals surface area contributed by atoms with Crippen LogP contribution in [0, 0.1) is 6.92 Å². The minimum absolute atomic E-state index is 0.171. The van der Waals surface area contributed by atoms with Gasteiger partial charge in [-0.1, -0.05) is 29.3 Å². The van der Waals surface area contributed by atoms with Gasteiger partial charge in [0.15, 0.2) is 0 Å². The van der Waals surface area contributed by atoms with Gasteiger partial charge in [0.05, 0.1) is 0 Å². The van der Waals surface area contributed by atoms with Crippen molar-refractivity contribution in [1.82, 2.24) is 5.32 Å². The second-order valence-electron chi connectivity index (χ2n) is 5.02. The number of nitrogens with one attached hydrogen (secondary N) is 2. The molecule has 0 spiro atoms. The maximum absolute atomic E-state index is 11.9. The maximum atomic E-state index is 11.9. The predicted molar refractivity (Wildman–Crippen MR) is 93.2 cm³/mol. The van der Waals surface area contributed by atoms with Gasteiger partial charge in [-0.25, -0.2) is 0 Å². The molecular formula is C17H16Cl2N2O2. The maximum Gasteiger partial charge on any atom is 0.251 e. The molecule has 0 radical (unpaired) electrons. The third-order valence-electron chi connectivity index (χ3n) is 3.20. The summed E-state index contributed by atoms with van der Waals surface area (Å²) in [6.45, 7) is 2.13. The Morgan fingerprint density at radius 2 is 1.74 bits per heavy atom. The van der Waals surface area contributed by atoms with E-state index in [0.717, 1.165) is 5.56 Å². The molecule has 0 atom stereocenters. The number of carbonyl (C=O) groups excluding carboxylic acids is 2. The van der Waals surface area contributed by atoms with E-state index in [2.05, 4.69) is 10.6 Å². The molecule has 0 heterocycles. The Labute approximate surface area is 144 Å². The number of amides is 2. The van der Waals surface area contributed by atoms with Gasteiger partial charge in [-0.3, -0.25) is 9.59 Å². The first-order valence-electron chi connectivity index (χ1n) is 7.05. The minimum Gasteiger partial charge on any atom is -0.352 e. The molecule has 2 aromatic rings. The number of halogens is 2. The fourth-order valence-corrected chi connectivity index (χ4v) is 2.19. The topological polar surface area (TPSA) is 58.2 Å². The Morgan fingerprint density at radius 3 is 2.39 bits per heavy atom. The van der Waals surface area contributed by atoms with Crippen molar-refractivity contribution in [3.05, 3.63) is 63.6 Å². The van der Waals surface area contributed by atoms with Crippen molar-refractivity contribution in [2.75, 3.05) is 11.9 Å². The zero-order valence-electron chi connectivity index (χ0n) is 12.5. The zero-order valence-corrected chi connectivity index (χ0v) is 14.0. The van der Waals surface area contributed by atoms with Gasteiger partial charge in [0.1, 0.15) is 0 Å². The van der Waals surface area contributed by atoms with Crippen molar-refractivity contribution in [3.8, 4) is 0 Å². The lowest BCUT2D eigenvalue weighted by Crippen LogP contribution is -2.27. The van der Waals surface area contributed by atoms with Crippen LogP contribution in [0.2, 0.25) is 10.0 Å². The summed E-state index contributed by atoms with van der Waals surface area (Å²) in [5.74, 6) is -0.436. The van der Waals surface area contributed by atoms with E-state index in [1.165, 1.54) is 0 Å². The van der Waals surface area contributed by atoms with E-state index < -0.39 is 0 Å². The van der Waals surface area contributed by atoms with Crippen LogP contribution < -0.4 is 10.6 Å². The molecule has 0 saturated carbocycles. The van der Waals surface area contributed by atoms with Gasteiger partial charge in [0.2, 0.25) is 5.91 Å². The van der Waals surface area contributed by atoms with Gasteiger partial charge >= 0.3 is 0 Å². The second-order valence-corrected chi connectivity index (χ2v) is 5.87. The lowest BCUT2D eigenvalue weighted by atomic mass is 10.2. The van der Waals surface area contributed by atoms with Gasteiger partial charge < -0.3 is 10.6 Å². The first-order valence-corrected chi connectivity index (χ1v) is 7.81. The molecule has 0 aliphatic rings. The Hall–Kier alpha value is -2.04. The number of rotatable bonds is 5. The normalized spacial score (nSPS) is 10.2. The Morgan fingerprint density at radius 1 is 1.04 bits per heavy atom. The van der Waals surface area contributed by atoms with Crippen molar-refractivity contribution in [1.29, 1.82) is 0 Å². The summed E-state index contributed by atoms with van der Waals surface area (Å²) in [7, 11) is 0. The molecule has 4 nitrogen and oxygen atoms in total. The summed E-state index contributed by atoms with van der Waals surface area (Å²) in [6, 6.07) is 11.9. The molecule has 0 aliphatic carbocycles. The Balaban J connectivity index is 1.79. The molecule has 0 saturated heterocycles. The second kappa shape index (κ2) is 7.99. The molecule has 0 unspecified atom stereocenters. The summed E-state index contributed by atoms with van der Waals surface area (Å²) in [5, 5.41) is 6.59. The fourth-order valence-electron chi connectivity index (χ4n) is 1.89. The number of aryl methyl sites for hydroxylation is 1. The smallest absolute Gasteiger partial charge is 0.251 e. The molecule has 6 heteroatoms. The van der Waals surface area contributed by atoms with Gasteiger partial charge in [0.25, 0.3) is 5.91 Å². The van der Waals surface area contributed by atoms with Crippen molar-refractivity contribution < 1.29 is 9.59 Å². The third kappa shape index (κ3) is 5.27. The summed E-state index contributed by atoms with van der Waals surface area (Å²) in [6.07, 6.45) is 0.171. The number of anilines is 1.